The van der Waals surface area contributed by atoms with Crippen LogP contribution in [0.3, 0.4) is 0 Å². The Morgan fingerprint density at radius 1 is 1.22 bits per heavy atom. The molecule has 27 heavy (non-hydrogen) atoms. The summed E-state index contributed by atoms with van der Waals surface area (Å²) in [6.45, 7) is 5.54. The maximum Gasteiger partial charge on any atom is 0.270 e. The van der Waals surface area contributed by atoms with Gasteiger partial charge in [-0.15, -0.1) is 0 Å². The average Bonchev–Trinajstić information content (AvgIpc) is 3.31. The number of hydrogen-bond acceptors (Lipinski definition) is 4. The van der Waals surface area contributed by atoms with E-state index in [9.17, 15) is 4.79 Å². The van der Waals surface area contributed by atoms with Crippen molar-refractivity contribution in [2.75, 3.05) is 6.54 Å². The minimum absolute atomic E-state index is 0.181. The minimum atomic E-state index is -0.181. The summed E-state index contributed by atoms with van der Waals surface area (Å²) in [4.78, 5) is 21.0. The van der Waals surface area contributed by atoms with Crippen molar-refractivity contribution in [3.8, 4) is 0 Å². The van der Waals surface area contributed by atoms with Crippen LogP contribution in [-0.4, -0.2) is 36.6 Å². The molecule has 0 bridgehead atoms. The SMILES string of the molecule is CC(C)c1cc(C(=O)NCCCn2ccc3ccccc32)nc2ncnn12. The zero-order valence-electron chi connectivity index (χ0n) is 15.5. The van der Waals surface area contributed by atoms with Gasteiger partial charge in [0, 0.05) is 24.8 Å². The van der Waals surface area contributed by atoms with E-state index in [0.29, 0.717) is 18.0 Å². The van der Waals surface area contributed by atoms with Gasteiger partial charge in [-0.25, -0.2) is 9.50 Å². The Kier molecular flexibility index (Phi) is 4.58. The first-order chi connectivity index (χ1) is 13.1. The molecule has 4 rings (SSSR count). The van der Waals surface area contributed by atoms with Gasteiger partial charge < -0.3 is 9.88 Å². The minimum Gasteiger partial charge on any atom is -0.351 e. The van der Waals surface area contributed by atoms with Gasteiger partial charge in [0.2, 0.25) is 0 Å². The van der Waals surface area contributed by atoms with E-state index in [1.54, 1.807) is 10.6 Å². The first-order valence-electron chi connectivity index (χ1n) is 9.16. The van der Waals surface area contributed by atoms with Crippen LogP contribution in [0.1, 0.15) is 42.4 Å². The Balaban J connectivity index is 1.40. The molecule has 1 amide bonds. The molecule has 3 aromatic heterocycles. The summed E-state index contributed by atoms with van der Waals surface area (Å²) in [5, 5.41) is 8.37. The van der Waals surface area contributed by atoms with E-state index in [1.807, 2.05) is 12.1 Å². The number of benzene rings is 1. The van der Waals surface area contributed by atoms with Gasteiger partial charge in [-0.05, 0) is 35.9 Å². The van der Waals surface area contributed by atoms with Crippen molar-refractivity contribution in [1.82, 2.24) is 29.5 Å². The second-order valence-corrected chi connectivity index (χ2v) is 6.87. The molecule has 7 heteroatoms. The number of amides is 1. The van der Waals surface area contributed by atoms with E-state index in [4.69, 9.17) is 0 Å². The summed E-state index contributed by atoms with van der Waals surface area (Å²) in [5.41, 5.74) is 2.51. The van der Waals surface area contributed by atoms with Gasteiger partial charge in [0.25, 0.3) is 11.7 Å². The van der Waals surface area contributed by atoms with Gasteiger partial charge in [-0.1, -0.05) is 32.0 Å². The average molecular weight is 362 g/mol. The first-order valence-corrected chi connectivity index (χ1v) is 9.16. The maximum atomic E-state index is 12.5. The number of nitrogens with zero attached hydrogens (tertiary/aromatic N) is 5. The highest BCUT2D eigenvalue weighted by atomic mass is 16.1. The molecule has 138 valence electrons. The van der Waals surface area contributed by atoms with Crippen molar-refractivity contribution in [3.63, 3.8) is 0 Å². The molecule has 0 aliphatic heterocycles. The van der Waals surface area contributed by atoms with Crippen LogP contribution in [0.5, 0.6) is 0 Å². The van der Waals surface area contributed by atoms with Crippen molar-refractivity contribution < 1.29 is 4.79 Å². The zero-order chi connectivity index (χ0) is 18.8. The van der Waals surface area contributed by atoms with Crippen LogP contribution < -0.4 is 5.32 Å². The monoisotopic (exact) mass is 362 g/mol. The molecule has 0 saturated carbocycles. The molecule has 3 heterocycles. The Morgan fingerprint density at radius 3 is 2.93 bits per heavy atom. The molecule has 1 aromatic carbocycles. The zero-order valence-corrected chi connectivity index (χ0v) is 15.5. The first kappa shape index (κ1) is 17.2. The molecular weight excluding hydrogens is 340 g/mol. The van der Waals surface area contributed by atoms with Crippen LogP contribution >= 0.6 is 0 Å². The summed E-state index contributed by atoms with van der Waals surface area (Å²) >= 11 is 0. The molecule has 4 aromatic rings. The smallest absolute Gasteiger partial charge is 0.270 e. The highest BCUT2D eigenvalue weighted by Gasteiger charge is 2.15. The third kappa shape index (κ3) is 3.40. The van der Waals surface area contributed by atoms with E-state index in [1.165, 1.54) is 17.2 Å². The maximum absolute atomic E-state index is 12.5. The number of carbonyl (C=O) groups excluding carboxylic acids is 1. The largest absolute Gasteiger partial charge is 0.351 e. The van der Waals surface area contributed by atoms with Gasteiger partial charge in [0.1, 0.15) is 12.0 Å². The summed E-state index contributed by atoms with van der Waals surface area (Å²) in [5.74, 6) is 0.482. The number of para-hydroxylation sites is 1. The van der Waals surface area contributed by atoms with Crippen LogP contribution in [0.25, 0.3) is 16.7 Å². The van der Waals surface area contributed by atoms with Crippen molar-refractivity contribution in [2.45, 2.75) is 32.7 Å². The fourth-order valence-electron chi connectivity index (χ4n) is 3.24. The molecule has 0 saturated heterocycles. The summed E-state index contributed by atoms with van der Waals surface area (Å²) in [6, 6.07) is 12.2. The number of aromatic nitrogens is 5. The molecule has 7 nitrogen and oxygen atoms in total. The molecule has 0 spiro atoms. The van der Waals surface area contributed by atoms with Crippen LogP contribution in [-0.2, 0) is 6.54 Å². The van der Waals surface area contributed by atoms with Crippen molar-refractivity contribution in [3.05, 3.63) is 60.3 Å². The highest BCUT2D eigenvalue weighted by molar-refractivity contribution is 5.92. The highest BCUT2D eigenvalue weighted by Crippen LogP contribution is 2.16. The number of hydrogen-bond donors (Lipinski definition) is 1. The molecule has 0 aliphatic rings. The lowest BCUT2D eigenvalue weighted by Crippen LogP contribution is -2.26. The molecule has 0 fully saturated rings. The van der Waals surface area contributed by atoms with Crippen LogP contribution in [0.2, 0.25) is 0 Å². The topological polar surface area (TPSA) is 77.1 Å². The Labute approximate surface area is 157 Å². The van der Waals surface area contributed by atoms with E-state index in [0.717, 1.165) is 18.7 Å². The Hall–Kier alpha value is -3.22. The van der Waals surface area contributed by atoms with Crippen molar-refractivity contribution in [2.24, 2.45) is 0 Å². The molecule has 0 aliphatic carbocycles. The number of nitrogens with one attached hydrogen (secondary N) is 1. The van der Waals surface area contributed by atoms with E-state index < -0.39 is 0 Å². The number of aryl methyl sites for hydroxylation is 1. The summed E-state index contributed by atoms with van der Waals surface area (Å²) < 4.78 is 3.89. The Morgan fingerprint density at radius 2 is 2.07 bits per heavy atom. The lowest BCUT2D eigenvalue weighted by molar-refractivity contribution is 0.0947. The quantitative estimate of drug-likeness (QED) is 0.535. The Bertz CT molecular complexity index is 1090. The van der Waals surface area contributed by atoms with Crippen molar-refractivity contribution in [1.29, 1.82) is 0 Å². The molecule has 0 unspecified atom stereocenters. The number of carbonyl (C=O) groups is 1. The van der Waals surface area contributed by atoms with Gasteiger partial charge in [0.05, 0.1) is 5.69 Å². The lowest BCUT2D eigenvalue weighted by Gasteiger charge is -2.10. The van der Waals surface area contributed by atoms with E-state index in [-0.39, 0.29) is 11.8 Å². The van der Waals surface area contributed by atoms with Gasteiger partial charge in [-0.2, -0.15) is 10.1 Å². The molecule has 0 atom stereocenters. The van der Waals surface area contributed by atoms with Crippen LogP contribution in [0.4, 0.5) is 0 Å². The third-order valence-electron chi connectivity index (χ3n) is 4.65. The summed E-state index contributed by atoms with van der Waals surface area (Å²) in [6.07, 6.45) is 4.38. The molecular formula is C20H22N6O. The number of fused-ring (bicyclic) bond motifs is 2. The lowest BCUT2D eigenvalue weighted by atomic mass is 10.1. The van der Waals surface area contributed by atoms with Gasteiger partial charge >= 0.3 is 0 Å². The molecule has 1 N–H and O–H groups in total. The predicted molar refractivity (Wildman–Crippen MR) is 104 cm³/mol. The fraction of sp³-hybridized carbons (Fsp3) is 0.300. The van der Waals surface area contributed by atoms with Gasteiger partial charge in [-0.3, -0.25) is 4.79 Å². The number of rotatable bonds is 6. The predicted octanol–water partition coefficient (Wildman–Crippen LogP) is 3.02. The molecule has 0 radical (unpaired) electrons. The van der Waals surface area contributed by atoms with Crippen LogP contribution in [0, 0.1) is 0 Å². The second-order valence-electron chi connectivity index (χ2n) is 6.87. The van der Waals surface area contributed by atoms with E-state index in [2.05, 4.69) is 63.2 Å². The van der Waals surface area contributed by atoms with E-state index >= 15 is 0 Å². The third-order valence-corrected chi connectivity index (χ3v) is 4.65. The van der Waals surface area contributed by atoms with Crippen molar-refractivity contribution >= 4 is 22.6 Å². The second kappa shape index (κ2) is 7.19. The normalized spacial score (nSPS) is 11.5. The summed E-state index contributed by atoms with van der Waals surface area (Å²) in [7, 11) is 0. The fourth-order valence-corrected chi connectivity index (χ4v) is 3.24. The van der Waals surface area contributed by atoms with Gasteiger partial charge in [0.15, 0.2) is 0 Å². The standard InChI is InChI=1S/C20H22N6O/c1-14(2)18-12-16(24-20-22-13-23-26(18)20)19(27)21-9-5-10-25-11-8-15-6-3-4-7-17(15)25/h3-4,6-8,11-14H,5,9-10H2,1-2H3,(H,21,27). The van der Waals surface area contributed by atoms with Crippen LogP contribution in [0.15, 0.2) is 48.9 Å².